The number of allylic oxidation sites excluding steroid dienone is 1. The summed E-state index contributed by atoms with van der Waals surface area (Å²) in [6.07, 6.45) is 6.44. The van der Waals surface area contributed by atoms with E-state index in [9.17, 15) is 18.7 Å². The van der Waals surface area contributed by atoms with E-state index in [2.05, 4.69) is 28.2 Å². The van der Waals surface area contributed by atoms with Crippen LogP contribution < -0.4 is 4.90 Å². The van der Waals surface area contributed by atoms with Gasteiger partial charge < -0.3 is 14.9 Å². The molecule has 1 aliphatic carbocycles. The summed E-state index contributed by atoms with van der Waals surface area (Å²) in [5.74, 6) is 0.0221. The Bertz CT molecular complexity index is 1440. The van der Waals surface area contributed by atoms with E-state index < -0.39 is 6.43 Å². The van der Waals surface area contributed by atoms with Gasteiger partial charge in [0.15, 0.2) is 0 Å². The average molecular weight is 519 g/mol. The lowest BCUT2D eigenvalue weighted by Gasteiger charge is -2.34. The van der Waals surface area contributed by atoms with Crippen molar-refractivity contribution in [2.45, 2.75) is 64.6 Å². The van der Waals surface area contributed by atoms with Crippen LogP contribution in [0.5, 0.6) is 0 Å². The fourth-order valence-corrected chi connectivity index (χ4v) is 6.11. The summed E-state index contributed by atoms with van der Waals surface area (Å²) in [6.45, 7) is 3.36. The van der Waals surface area contributed by atoms with Gasteiger partial charge in [0.05, 0.1) is 12.3 Å². The topological polar surface area (TPSA) is 61.6 Å². The molecule has 6 nitrogen and oxygen atoms in total. The number of hydrogen-bond donors (Lipinski definition) is 1. The van der Waals surface area contributed by atoms with E-state index in [1.165, 1.54) is 5.57 Å². The first-order valence-electron chi connectivity index (χ1n) is 13.3. The van der Waals surface area contributed by atoms with Gasteiger partial charge in [-0.05, 0) is 84.2 Å². The fourth-order valence-electron chi connectivity index (χ4n) is 6.11. The first kappa shape index (κ1) is 24.8. The first-order valence-corrected chi connectivity index (χ1v) is 13.3. The molecule has 1 N–H and O–H groups in total. The number of fused-ring (bicyclic) bond motifs is 2. The summed E-state index contributed by atoms with van der Waals surface area (Å²) in [5, 5.41) is 14.2. The molecule has 2 aliphatic heterocycles. The van der Waals surface area contributed by atoms with E-state index in [1.54, 1.807) is 37.1 Å². The maximum Gasteiger partial charge on any atom is 0.264 e. The Balaban J connectivity index is 1.49. The van der Waals surface area contributed by atoms with Gasteiger partial charge >= 0.3 is 0 Å². The number of nitrogens with zero attached hydrogens (tertiary/aromatic N) is 4. The van der Waals surface area contributed by atoms with E-state index in [-0.39, 0.29) is 17.6 Å². The van der Waals surface area contributed by atoms with E-state index >= 15 is 0 Å². The van der Waals surface area contributed by atoms with Crippen LogP contribution in [0.3, 0.4) is 0 Å². The van der Waals surface area contributed by atoms with Gasteiger partial charge in [-0.15, -0.1) is 0 Å². The molecule has 6 rings (SSSR count). The van der Waals surface area contributed by atoms with Crippen LogP contribution >= 0.6 is 0 Å². The van der Waals surface area contributed by atoms with Gasteiger partial charge in [0.1, 0.15) is 0 Å². The molecule has 1 amide bonds. The van der Waals surface area contributed by atoms with E-state index in [1.807, 2.05) is 11.0 Å². The van der Waals surface area contributed by atoms with Gasteiger partial charge in [-0.3, -0.25) is 9.48 Å². The third-order valence-electron chi connectivity index (χ3n) is 8.14. The maximum absolute atomic E-state index is 14.4. The fraction of sp³-hybridized carbons (Fsp3) is 0.400. The zero-order valence-electron chi connectivity index (χ0n) is 21.8. The van der Waals surface area contributed by atoms with E-state index in [0.29, 0.717) is 30.6 Å². The van der Waals surface area contributed by atoms with Crippen molar-refractivity contribution >= 4 is 22.9 Å². The molecule has 0 saturated carbocycles. The average Bonchev–Trinajstić information content (AvgIpc) is 3.54. The Hall–Kier alpha value is -3.52. The minimum absolute atomic E-state index is 0.00536. The smallest absolute Gasteiger partial charge is 0.264 e. The molecule has 8 heteroatoms. The van der Waals surface area contributed by atoms with Crippen LogP contribution in [0.25, 0.3) is 16.7 Å². The molecule has 3 aromatic rings. The SMILES string of the molecule is CC(=O)N1Cc2cc(C3=CCC(O)CC3)cc(N3CCCc4cc(-c5cnn(C)c5)c(C(F)F)cc43)c2C1. The number of anilines is 2. The van der Waals surface area contributed by atoms with Gasteiger partial charge in [0.25, 0.3) is 6.43 Å². The second-order valence-electron chi connectivity index (χ2n) is 10.7. The summed E-state index contributed by atoms with van der Waals surface area (Å²) >= 11 is 0. The van der Waals surface area contributed by atoms with Gasteiger partial charge in [-0.1, -0.05) is 6.08 Å². The molecule has 1 unspecified atom stereocenters. The van der Waals surface area contributed by atoms with E-state index in [4.69, 9.17) is 0 Å². The number of aryl methyl sites for hydroxylation is 2. The van der Waals surface area contributed by atoms with Crippen LogP contribution in [-0.2, 0) is 31.4 Å². The number of aromatic nitrogens is 2. The van der Waals surface area contributed by atoms with Crippen LogP contribution in [0, 0.1) is 0 Å². The molecule has 198 valence electrons. The standard InChI is InChI=1S/C30H32F2N4O2/c1-18(37)35-16-22-10-21(19-5-7-24(38)8-6-19)12-29(27(22)17-35)36-9-3-4-20-11-25(23-14-33-34(2)15-23)26(30(31)32)13-28(20)36/h5,10-15,24,30,38H,3-4,6-9,16-17H2,1-2H3. The number of halogens is 2. The molecular weight excluding hydrogens is 486 g/mol. The quantitative estimate of drug-likeness (QED) is 0.467. The van der Waals surface area contributed by atoms with Gasteiger partial charge in [-0.25, -0.2) is 8.78 Å². The lowest BCUT2D eigenvalue weighted by molar-refractivity contribution is -0.129. The predicted molar refractivity (Wildman–Crippen MR) is 143 cm³/mol. The lowest BCUT2D eigenvalue weighted by atomic mass is 9.89. The highest BCUT2D eigenvalue weighted by Crippen LogP contribution is 2.45. The molecule has 2 aromatic carbocycles. The molecule has 3 heterocycles. The van der Waals surface area contributed by atoms with Crippen LogP contribution in [0.1, 0.15) is 66.8 Å². The van der Waals surface area contributed by atoms with Crippen LogP contribution in [-0.4, -0.2) is 38.3 Å². The van der Waals surface area contributed by atoms with Gasteiger partial charge in [0.2, 0.25) is 5.91 Å². The van der Waals surface area contributed by atoms with Crippen molar-refractivity contribution in [2.75, 3.05) is 11.4 Å². The second-order valence-corrected chi connectivity index (χ2v) is 10.7. The highest BCUT2D eigenvalue weighted by molar-refractivity contribution is 5.82. The first-order chi connectivity index (χ1) is 18.3. The monoisotopic (exact) mass is 518 g/mol. The van der Waals surface area contributed by atoms with Crippen LogP contribution in [0.4, 0.5) is 20.2 Å². The molecular formula is C30H32F2N4O2. The Kier molecular flexibility index (Phi) is 6.30. The largest absolute Gasteiger partial charge is 0.393 e. The van der Waals surface area contributed by atoms with Crippen molar-refractivity contribution in [3.63, 3.8) is 0 Å². The Morgan fingerprint density at radius 1 is 1.08 bits per heavy atom. The van der Waals surface area contributed by atoms with Crippen molar-refractivity contribution in [3.05, 3.63) is 70.6 Å². The number of carbonyl (C=O) groups is 1. The van der Waals surface area contributed by atoms with Crippen molar-refractivity contribution in [3.8, 4) is 11.1 Å². The van der Waals surface area contributed by atoms with Crippen LogP contribution in [0.2, 0.25) is 0 Å². The zero-order valence-corrected chi connectivity index (χ0v) is 21.8. The lowest BCUT2D eigenvalue weighted by Crippen LogP contribution is -2.27. The highest BCUT2D eigenvalue weighted by Gasteiger charge is 2.31. The van der Waals surface area contributed by atoms with Crippen molar-refractivity contribution < 1.29 is 18.7 Å². The second kappa shape index (κ2) is 9.66. The Labute approximate surface area is 221 Å². The highest BCUT2D eigenvalue weighted by atomic mass is 19.3. The third kappa shape index (κ3) is 4.41. The molecule has 1 aromatic heterocycles. The van der Waals surface area contributed by atoms with Gasteiger partial charge in [0, 0.05) is 67.9 Å². The molecule has 0 fully saturated rings. The summed E-state index contributed by atoms with van der Waals surface area (Å²) in [5.41, 5.74) is 8.54. The predicted octanol–water partition coefficient (Wildman–Crippen LogP) is 5.90. The number of rotatable bonds is 4. The molecule has 0 spiro atoms. The minimum atomic E-state index is -2.62. The number of aliphatic hydroxyl groups excluding tert-OH is 1. The number of carbonyl (C=O) groups excluding carboxylic acids is 1. The zero-order chi connectivity index (χ0) is 26.6. The summed E-state index contributed by atoms with van der Waals surface area (Å²) in [4.78, 5) is 16.3. The van der Waals surface area contributed by atoms with Crippen molar-refractivity contribution in [1.82, 2.24) is 14.7 Å². The number of hydrogen-bond acceptors (Lipinski definition) is 4. The molecule has 0 saturated heterocycles. The Morgan fingerprint density at radius 2 is 1.92 bits per heavy atom. The summed E-state index contributed by atoms with van der Waals surface area (Å²) < 4.78 is 30.4. The van der Waals surface area contributed by atoms with Crippen molar-refractivity contribution in [2.24, 2.45) is 7.05 Å². The molecule has 0 radical (unpaired) electrons. The van der Waals surface area contributed by atoms with Crippen molar-refractivity contribution in [1.29, 1.82) is 0 Å². The maximum atomic E-state index is 14.4. The summed E-state index contributed by atoms with van der Waals surface area (Å²) in [6, 6.07) is 7.91. The number of aliphatic hydroxyl groups is 1. The van der Waals surface area contributed by atoms with Gasteiger partial charge in [-0.2, -0.15) is 5.10 Å². The molecule has 1 atom stereocenters. The summed E-state index contributed by atoms with van der Waals surface area (Å²) in [7, 11) is 1.78. The number of amides is 1. The Morgan fingerprint density at radius 3 is 2.61 bits per heavy atom. The molecule has 0 bridgehead atoms. The molecule has 3 aliphatic rings. The van der Waals surface area contributed by atoms with E-state index in [0.717, 1.165) is 65.9 Å². The molecule has 38 heavy (non-hydrogen) atoms. The van der Waals surface area contributed by atoms with Crippen LogP contribution in [0.15, 0.2) is 42.7 Å². The number of alkyl halides is 2. The normalized spacial score (nSPS) is 19.0. The number of benzene rings is 2. The third-order valence-corrected chi connectivity index (χ3v) is 8.14. The minimum Gasteiger partial charge on any atom is -0.393 e.